The van der Waals surface area contributed by atoms with Gasteiger partial charge in [0.1, 0.15) is 5.69 Å². The van der Waals surface area contributed by atoms with E-state index in [4.69, 9.17) is 9.47 Å². The monoisotopic (exact) mass is 394 g/mol. The Morgan fingerprint density at radius 1 is 1.10 bits per heavy atom. The molecule has 0 saturated carbocycles. The average Bonchev–Trinajstić information content (AvgIpc) is 3.25. The molecular weight excluding hydrogens is 372 g/mol. The number of nitrogens with zero attached hydrogens (tertiary/aromatic N) is 6. The molecule has 0 N–H and O–H groups in total. The molecule has 4 heterocycles. The lowest BCUT2D eigenvalue weighted by Crippen LogP contribution is -2.41. The third kappa shape index (κ3) is 3.95. The Hall–Kier alpha value is -3.33. The summed E-state index contributed by atoms with van der Waals surface area (Å²) in [5.41, 5.74) is 1.28. The fourth-order valence-corrected chi connectivity index (χ4v) is 3.30. The minimum Gasteiger partial charge on any atom is -0.481 e. The number of piperidine rings is 1. The summed E-state index contributed by atoms with van der Waals surface area (Å²) in [6.45, 7) is 1.24. The van der Waals surface area contributed by atoms with Crippen LogP contribution in [0.5, 0.6) is 5.88 Å². The quantitative estimate of drug-likeness (QED) is 0.653. The van der Waals surface area contributed by atoms with Crippen molar-refractivity contribution in [3.05, 3.63) is 48.5 Å². The number of aromatic nitrogens is 5. The predicted molar refractivity (Wildman–Crippen MR) is 105 cm³/mol. The lowest BCUT2D eigenvalue weighted by Gasteiger charge is -2.30. The number of amides is 1. The van der Waals surface area contributed by atoms with Gasteiger partial charge in [-0.25, -0.2) is 14.6 Å². The predicted octanol–water partition coefficient (Wildman–Crippen LogP) is 1.98. The molecule has 0 atom stereocenters. The molecule has 4 rings (SSSR count). The molecule has 9 heteroatoms. The van der Waals surface area contributed by atoms with Gasteiger partial charge in [0, 0.05) is 32.5 Å². The van der Waals surface area contributed by atoms with Gasteiger partial charge >= 0.3 is 0 Å². The van der Waals surface area contributed by atoms with Gasteiger partial charge in [0.2, 0.25) is 11.7 Å². The molecule has 0 unspecified atom stereocenters. The highest BCUT2D eigenvalue weighted by molar-refractivity contribution is 5.91. The number of methoxy groups -OCH3 is 2. The van der Waals surface area contributed by atoms with Crippen LogP contribution >= 0.6 is 0 Å². The van der Waals surface area contributed by atoms with Crippen LogP contribution in [0.4, 0.5) is 0 Å². The number of carbonyl (C=O) groups is 1. The molecule has 0 aliphatic carbocycles. The molecule has 9 nitrogen and oxygen atoms in total. The molecular formula is C20H22N6O3. The van der Waals surface area contributed by atoms with Crippen LogP contribution < -0.4 is 4.74 Å². The molecule has 1 aliphatic rings. The number of likely N-dealkylation sites (tertiary alicyclic amines) is 1. The first-order chi connectivity index (χ1) is 14.2. The van der Waals surface area contributed by atoms with E-state index in [1.807, 2.05) is 24.3 Å². The van der Waals surface area contributed by atoms with E-state index in [0.717, 1.165) is 12.8 Å². The zero-order chi connectivity index (χ0) is 20.2. The molecule has 29 heavy (non-hydrogen) atoms. The van der Waals surface area contributed by atoms with Gasteiger partial charge in [-0.05, 0) is 31.0 Å². The summed E-state index contributed by atoms with van der Waals surface area (Å²) in [6, 6.07) is 9.06. The molecule has 1 amide bonds. The first kappa shape index (κ1) is 19.0. The molecule has 1 aliphatic heterocycles. The molecule has 0 spiro atoms. The SMILES string of the molecule is COc1ccc(-n2nc(C(=O)N3CCC(OC)CC3)nc2-c2ccccn2)cn1. The zero-order valence-corrected chi connectivity index (χ0v) is 16.4. The van der Waals surface area contributed by atoms with Crippen molar-refractivity contribution < 1.29 is 14.3 Å². The lowest BCUT2D eigenvalue weighted by molar-refractivity contribution is 0.0344. The van der Waals surface area contributed by atoms with Gasteiger partial charge < -0.3 is 14.4 Å². The Labute approximate surface area is 168 Å². The highest BCUT2D eigenvalue weighted by Gasteiger charge is 2.27. The van der Waals surface area contributed by atoms with Gasteiger partial charge in [0.05, 0.1) is 25.1 Å². The minimum absolute atomic E-state index is 0.136. The average molecular weight is 394 g/mol. The highest BCUT2D eigenvalue weighted by Crippen LogP contribution is 2.21. The summed E-state index contributed by atoms with van der Waals surface area (Å²) in [6.07, 6.45) is 5.10. The van der Waals surface area contributed by atoms with Crippen LogP contribution in [0.25, 0.3) is 17.2 Å². The van der Waals surface area contributed by atoms with Crippen LogP contribution in [0.3, 0.4) is 0 Å². The van der Waals surface area contributed by atoms with Crippen LogP contribution in [0.2, 0.25) is 0 Å². The number of carbonyl (C=O) groups excluding carboxylic acids is 1. The highest BCUT2D eigenvalue weighted by atomic mass is 16.5. The third-order valence-corrected chi connectivity index (χ3v) is 4.93. The second-order valence-electron chi connectivity index (χ2n) is 6.67. The molecule has 3 aromatic rings. The van der Waals surface area contributed by atoms with E-state index in [9.17, 15) is 4.79 Å². The maximum absolute atomic E-state index is 13.0. The van der Waals surface area contributed by atoms with E-state index in [0.29, 0.717) is 36.2 Å². The summed E-state index contributed by atoms with van der Waals surface area (Å²) in [4.78, 5) is 27.9. The second kappa shape index (κ2) is 8.36. The largest absolute Gasteiger partial charge is 0.481 e. The zero-order valence-electron chi connectivity index (χ0n) is 16.4. The number of pyridine rings is 2. The Kier molecular flexibility index (Phi) is 5.48. The van der Waals surface area contributed by atoms with Crippen molar-refractivity contribution in [2.75, 3.05) is 27.3 Å². The molecule has 150 valence electrons. The van der Waals surface area contributed by atoms with Crippen LogP contribution in [-0.4, -0.2) is 69.0 Å². The second-order valence-corrected chi connectivity index (χ2v) is 6.67. The van der Waals surface area contributed by atoms with E-state index < -0.39 is 0 Å². The molecule has 0 aromatic carbocycles. The summed E-state index contributed by atoms with van der Waals surface area (Å²) in [7, 11) is 3.26. The molecule has 0 bridgehead atoms. The Morgan fingerprint density at radius 3 is 2.55 bits per heavy atom. The van der Waals surface area contributed by atoms with E-state index >= 15 is 0 Å². The first-order valence-electron chi connectivity index (χ1n) is 9.40. The maximum atomic E-state index is 13.0. The first-order valence-corrected chi connectivity index (χ1v) is 9.40. The minimum atomic E-state index is -0.197. The lowest BCUT2D eigenvalue weighted by atomic mass is 10.1. The van der Waals surface area contributed by atoms with Gasteiger partial charge in [-0.2, -0.15) is 0 Å². The summed E-state index contributed by atoms with van der Waals surface area (Å²) < 4.78 is 12.1. The van der Waals surface area contributed by atoms with Crippen molar-refractivity contribution >= 4 is 5.91 Å². The Balaban J connectivity index is 1.68. The van der Waals surface area contributed by atoms with Gasteiger partial charge in [0.25, 0.3) is 5.91 Å². The number of ether oxygens (including phenoxy) is 2. The van der Waals surface area contributed by atoms with Crippen molar-refractivity contribution in [2.24, 2.45) is 0 Å². The molecule has 0 radical (unpaired) electrons. The van der Waals surface area contributed by atoms with Crippen molar-refractivity contribution in [3.8, 4) is 23.1 Å². The van der Waals surface area contributed by atoms with Crippen molar-refractivity contribution in [3.63, 3.8) is 0 Å². The molecule has 1 saturated heterocycles. The Morgan fingerprint density at radius 2 is 1.93 bits per heavy atom. The van der Waals surface area contributed by atoms with Crippen LogP contribution in [0, 0.1) is 0 Å². The van der Waals surface area contributed by atoms with Crippen molar-refractivity contribution in [1.82, 2.24) is 29.6 Å². The summed E-state index contributed by atoms with van der Waals surface area (Å²) in [5.74, 6) is 0.910. The smallest absolute Gasteiger partial charge is 0.293 e. The molecule has 1 fully saturated rings. The van der Waals surface area contributed by atoms with Gasteiger partial charge in [-0.15, -0.1) is 5.10 Å². The van der Waals surface area contributed by atoms with Gasteiger partial charge in [-0.1, -0.05) is 6.07 Å². The maximum Gasteiger partial charge on any atom is 0.293 e. The van der Waals surface area contributed by atoms with E-state index in [2.05, 4.69) is 20.1 Å². The van der Waals surface area contributed by atoms with Gasteiger partial charge in [0.15, 0.2) is 5.82 Å². The van der Waals surface area contributed by atoms with Crippen LogP contribution in [-0.2, 0) is 4.74 Å². The summed E-state index contributed by atoms with van der Waals surface area (Å²) >= 11 is 0. The number of hydrogen-bond donors (Lipinski definition) is 0. The van der Waals surface area contributed by atoms with Crippen molar-refractivity contribution in [1.29, 1.82) is 0 Å². The standard InChI is InChI=1S/C20H22N6O3/c1-28-15-8-11-25(12-9-15)20(27)18-23-19(16-5-3-4-10-21-16)26(24-18)14-6-7-17(29-2)22-13-14/h3-7,10,13,15H,8-9,11-12H2,1-2H3. The van der Waals surface area contributed by atoms with Crippen molar-refractivity contribution in [2.45, 2.75) is 18.9 Å². The topological polar surface area (TPSA) is 95.3 Å². The number of hydrogen-bond acceptors (Lipinski definition) is 7. The normalized spacial score (nSPS) is 14.8. The van der Waals surface area contributed by atoms with E-state index in [-0.39, 0.29) is 17.8 Å². The van der Waals surface area contributed by atoms with Gasteiger partial charge in [-0.3, -0.25) is 9.78 Å². The summed E-state index contributed by atoms with van der Waals surface area (Å²) in [5, 5.41) is 4.49. The van der Waals surface area contributed by atoms with Crippen LogP contribution in [0.15, 0.2) is 42.7 Å². The van der Waals surface area contributed by atoms with Crippen LogP contribution in [0.1, 0.15) is 23.5 Å². The fraction of sp³-hybridized carbons (Fsp3) is 0.350. The number of rotatable bonds is 5. The Bertz CT molecular complexity index is 966. The van der Waals surface area contributed by atoms with E-state index in [1.165, 1.54) is 0 Å². The molecule has 3 aromatic heterocycles. The fourth-order valence-electron chi connectivity index (χ4n) is 3.30. The van der Waals surface area contributed by atoms with E-state index in [1.54, 1.807) is 42.3 Å². The third-order valence-electron chi connectivity index (χ3n) is 4.93.